The zero-order valence-corrected chi connectivity index (χ0v) is 27.8. The first-order chi connectivity index (χ1) is 20.8. The second-order valence-electron chi connectivity index (χ2n) is 17.9. The predicted molar refractivity (Wildman–Crippen MR) is 160 cm³/mol. The lowest BCUT2D eigenvalue weighted by Gasteiger charge is -2.61. The summed E-state index contributed by atoms with van der Waals surface area (Å²) in [5.41, 5.74) is -2.00. The molecule has 3 aliphatic heterocycles. The van der Waals surface area contributed by atoms with Gasteiger partial charge in [0.1, 0.15) is 30.5 Å². The van der Waals surface area contributed by atoms with Gasteiger partial charge in [0.25, 0.3) is 0 Å². The smallest absolute Gasteiger partial charge is 0.200 e. The van der Waals surface area contributed by atoms with Crippen LogP contribution in [0.4, 0.5) is 0 Å². The van der Waals surface area contributed by atoms with Crippen molar-refractivity contribution in [2.45, 2.75) is 154 Å². The number of aliphatic hydroxyl groups is 6. The molecule has 0 amide bonds. The van der Waals surface area contributed by atoms with Crippen LogP contribution in [0.1, 0.15) is 87.0 Å². The molecular formula is C35H54O10. The van der Waals surface area contributed by atoms with E-state index in [9.17, 15) is 30.6 Å². The van der Waals surface area contributed by atoms with E-state index >= 15 is 0 Å². The molecule has 8 rings (SSSR count). The van der Waals surface area contributed by atoms with Gasteiger partial charge in [0, 0.05) is 22.2 Å². The van der Waals surface area contributed by atoms with Gasteiger partial charge in [-0.3, -0.25) is 0 Å². The maximum atomic E-state index is 12.6. The fourth-order valence-electron chi connectivity index (χ4n) is 13.2. The van der Waals surface area contributed by atoms with Crippen LogP contribution in [0.3, 0.4) is 0 Å². The van der Waals surface area contributed by atoms with Gasteiger partial charge in [-0.15, -0.1) is 0 Å². The Balaban J connectivity index is 1.15. The Hall–Kier alpha value is -0.660. The van der Waals surface area contributed by atoms with E-state index in [2.05, 4.69) is 40.7 Å². The van der Waals surface area contributed by atoms with E-state index in [1.54, 1.807) is 13.8 Å². The summed E-state index contributed by atoms with van der Waals surface area (Å²) in [6, 6.07) is 0. The van der Waals surface area contributed by atoms with Crippen molar-refractivity contribution in [1.82, 2.24) is 0 Å². The van der Waals surface area contributed by atoms with Crippen LogP contribution in [-0.4, -0.2) is 104 Å². The van der Waals surface area contributed by atoms with E-state index in [1.807, 2.05) is 0 Å². The van der Waals surface area contributed by atoms with Crippen molar-refractivity contribution in [2.24, 2.45) is 44.8 Å². The zero-order valence-electron chi connectivity index (χ0n) is 27.8. The maximum Gasteiger partial charge on any atom is 0.200 e. The van der Waals surface area contributed by atoms with Crippen molar-refractivity contribution >= 4 is 0 Å². The third-order valence-electron chi connectivity index (χ3n) is 15.3. The summed E-state index contributed by atoms with van der Waals surface area (Å²) in [6.45, 7) is 14.3. The van der Waals surface area contributed by atoms with Gasteiger partial charge in [-0.1, -0.05) is 46.3 Å². The molecule has 8 aliphatic rings. The highest BCUT2D eigenvalue weighted by atomic mass is 16.8. The fraction of sp³-hybridized carbons (Fsp3) is 0.943. The number of rotatable bonds is 3. The number of hydrogen-bond donors (Lipinski definition) is 6. The molecule has 0 aromatic rings. The van der Waals surface area contributed by atoms with Gasteiger partial charge < -0.3 is 49.6 Å². The van der Waals surface area contributed by atoms with Gasteiger partial charge >= 0.3 is 0 Å². The van der Waals surface area contributed by atoms with Crippen molar-refractivity contribution in [3.63, 3.8) is 0 Å². The number of fused-ring (bicyclic) bond motifs is 4. The summed E-state index contributed by atoms with van der Waals surface area (Å²) < 4.78 is 25.5. The first-order valence-corrected chi connectivity index (χ1v) is 17.3. The van der Waals surface area contributed by atoms with Crippen LogP contribution in [0.25, 0.3) is 0 Å². The molecule has 0 radical (unpaired) electrons. The van der Waals surface area contributed by atoms with Crippen LogP contribution in [-0.2, 0) is 18.9 Å². The third kappa shape index (κ3) is 3.46. The molecule has 5 aliphatic carbocycles. The van der Waals surface area contributed by atoms with Gasteiger partial charge in [-0.25, -0.2) is 0 Å². The van der Waals surface area contributed by atoms with Crippen molar-refractivity contribution in [1.29, 1.82) is 0 Å². The third-order valence-corrected chi connectivity index (χ3v) is 15.3. The second kappa shape index (κ2) is 9.11. The molecule has 0 aromatic heterocycles. The molecule has 254 valence electrons. The van der Waals surface area contributed by atoms with E-state index < -0.39 is 65.1 Å². The second-order valence-corrected chi connectivity index (χ2v) is 17.9. The molecule has 17 atom stereocenters. The van der Waals surface area contributed by atoms with Crippen LogP contribution in [0.15, 0.2) is 11.6 Å². The average Bonchev–Trinajstić information content (AvgIpc) is 3.44. The summed E-state index contributed by atoms with van der Waals surface area (Å²) in [5, 5.41) is 66.9. The Labute approximate surface area is 266 Å². The standard InChI is InChI=1S/C35H54O10/c1-16-12-18-26(30(4,5)41)45-35(44-18)25(16)32(7)21(37)13-34-15-33(34)11-10-22(43-27-24(39)23(38)17(36)14-42-27)29(2,3)19(33)8-9-20(34)31(32,6)28(35)40/h9,16-19,21-28,36-41H,8,10-15H2,1-7H3/t16-,17-,18-,19+,21-,22+,23+,24-,25-,26+,27+,28-,31-,32-,33-,34+,35+/m1/s1. The highest BCUT2D eigenvalue weighted by molar-refractivity contribution is 5.49. The summed E-state index contributed by atoms with van der Waals surface area (Å²) in [6.07, 6.45) is -0.571. The van der Waals surface area contributed by atoms with Crippen LogP contribution in [0.5, 0.6) is 0 Å². The van der Waals surface area contributed by atoms with Crippen molar-refractivity contribution in [2.75, 3.05) is 6.61 Å². The first-order valence-electron chi connectivity index (χ1n) is 17.3. The number of allylic oxidation sites excluding steroid dienone is 1. The predicted octanol–water partition coefficient (Wildman–Crippen LogP) is 2.01. The van der Waals surface area contributed by atoms with E-state index in [0.29, 0.717) is 12.8 Å². The van der Waals surface area contributed by atoms with Gasteiger partial charge in [0.15, 0.2) is 12.1 Å². The molecule has 10 nitrogen and oxygen atoms in total. The van der Waals surface area contributed by atoms with E-state index in [4.69, 9.17) is 18.9 Å². The average molecular weight is 635 g/mol. The van der Waals surface area contributed by atoms with Crippen LogP contribution >= 0.6 is 0 Å². The molecular weight excluding hydrogens is 580 g/mol. The lowest BCUT2D eigenvalue weighted by molar-refractivity contribution is -0.301. The monoisotopic (exact) mass is 634 g/mol. The first kappa shape index (κ1) is 31.6. The molecule has 10 heteroatoms. The fourth-order valence-corrected chi connectivity index (χ4v) is 13.2. The topological polar surface area (TPSA) is 158 Å². The van der Waals surface area contributed by atoms with Gasteiger partial charge in [0.05, 0.1) is 30.5 Å². The van der Waals surface area contributed by atoms with E-state index in [0.717, 1.165) is 25.7 Å². The van der Waals surface area contributed by atoms with Crippen molar-refractivity contribution < 1.29 is 49.6 Å². The van der Waals surface area contributed by atoms with Crippen molar-refractivity contribution in [3.05, 3.63) is 11.6 Å². The highest BCUT2D eigenvalue weighted by Gasteiger charge is 2.88. The summed E-state index contributed by atoms with van der Waals surface area (Å²) in [7, 11) is 0. The SMILES string of the molecule is C[C@@H]1C[C@H]2O[C@]3(O[C@@H]2C(C)(C)O)[C@H]1[C@@]1(C)[C@H](O)C[C@@]24C[C@@]25CC[C@H](O[C@@H]2OC[C@@H](O)[C@H](O)[C@H]2O)C(C)(C)[C@@H]5CC=C4[C@]1(C)[C@H]3O. The number of hydrogen-bond acceptors (Lipinski definition) is 10. The highest BCUT2D eigenvalue weighted by Crippen LogP contribution is 2.89. The van der Waals surface area contributed by atoms with Crippen LogP contribution in [0.2, 0.25) is 0 Å². The van der Waals surface area contributed by atoms with Crippen LogP contribution in [0, 0.1) is 44.8 Å². The number of aliphatic hydroxyl groups excluding tert-OH is 5. The van der Waals surface area contributed by atoms with Gasteiger partial charge in [0.2, 0.25) is 0 Å². The molecule has 0 aromatic carbocycles. The zero-order chi connectivity index (χ0) is 32.5. The number of ether oxygens (including phenoxy) is 4. The molecule has 6 N–H and O–H groups in total. The molecule has 7 fully saturated rings. The molecule has 0 unspecified atom stereocenters. The Bertz CT molecular complexity index is 1300. The van der Waals surface area contributed by atoms with E-state index in [-0.39, 0.29) is 52.8 Å². The normalized spacial score (nSPS) is 61.0. The minimum Gasteiger partial charge on any atom is -0.392 e. The summed E-state index contributed by atoms with van der Waals surface area (Å²) >= 11 is 0. The Morgan fingerprint density at radius 1 is 1.00 bits per heavy atom. The minimum absolute atomic E-state index is 0.0557. The maximum absolute atomic E-state index is 12.6. The summed E-state index contributed by atoms with van der Waals surface area (Å²) in [4.78, 5) is 0. The Morgan fingerprint density at radius 3 is 2.40 bits per heavy atom. The largest absolute Gasteiger partial charge is 0.392 e. The Kier molecular flexibility index (Phi) is 6.40. The molecule has 3 spiro atoms. The van der Waals surface area contributed by atoms with Gasteiger partial charge in [-0.05, 0) is 75.0 Å². The Morgan fingerprint density at radius 2 is 1.71 bits per heavy atom. The molecule has 2 bridgehead atoms. The molecule has 45 heavy (non-hydrogen) atoms. The summed E-state index contributed by atoms with van der Waals surface area (Å²) in [5.74, 6) is -1.18. The molecule has 4 saturated carbocycles. The van der Waals surface area contributed by atoms with Gasteiger partial charge in [-0.2, -0.15) is 0 Å². The molecule has 3 heterocycles. The quantitative estimate of drug-likeness (QED) is 0.254. The van der Waals surface area contributed by atoms with Crippen LogP contribution < -0.4 is 0 Å². The van der Waals surface area contributed by atoms with Crippen molar-refractivity contribution in [3.8, 4) is 0 Å². The lowest BCUT2D eigenvalue weighted by atomic mass is 9.44. The molecule has 3 saturated heterocycles. The minimum atomic E-state index is -1.33. The lowest BCUT2D eigenvalue weighted by Crippen LogP contribution is -2.61. The van der Waals surface area contributed by atoms with E-state index in [1.165, 1.54) is 5.57 Å².